The zero-order chi connectivity index (χ0) is 16.1. The first-order chi connectivity index (χ1) is 11.2. The molecule has 6 heteroatoms. The molecule has 1 amide bonds. The molecule has 0 aromatic heterocycles. The summed E-state index contributed by atoms with van der Waals surface area (Å²) in [7, 11) is 0. The van der Waals surface area contributed by atoms with Crippen LogP contribution < -0.4 is 14.9 Å². The number of fused-ring (bicyclic) bond motifs is 1. The summed E-state index contributed by atoms with van der Waals surface area (Å²) in [5, 5.41) is 13.0. The molecule has 6 nitrogen and oxygen atoms in total. The number of hydrogen-bond donors (Lipinski definition) is 2. The van der Waals surface area contributed by atoms with Crippen LogP contribution in [0.3, 0.4) is 0 Å². The topological polar surface area (TPSA) is 80.2 Å². The third kappa shape index (κ3) is 3.88. The predicted octanol–water partition coefficient (Wildman–Crippen LogP) is 2.28. The lowest BCUT2D eigenvalue weighted by Crippen LogP contribution is -2.14. The molecule has 0 aliphatic carbocycles. The molecule has 0 atom stereocenters. The van der Waals surface area contributed by atoms with E-state index in [1.165, 1.54) is 12.3 Å². The largest absolute Gasteiger partial charge is 0.508 e. The predicted molar refractivity (Wildman–Crippen MR) is 85.4 cm³/mol. The maximum atomic E-state index is 11.7. The van der Waals surface area contributed by atoms with Crippen molar-refractivity contribution in [3.05, 3.63) is 59.7 Å². The summed E-state index contributed by atoms with van der Waals surface area (Å²) in [6.07, 6.45) is 4.53. The number of amides is 1. The molecule has 0 spiro atoms. The van der Waals surface area contributed by atoms with E-state index in [-0.39, 0.29) is 18.4 Å². The molecule has 116 valence electrons. The Labute approximate surface area is 132 Å². The minimum Gasteiger partial charge on any atom is -0.508 e. The van der Waals surface area contributed by atoms with Gasteiger partial charge in [-0.25, -0.2) is 5.43 Å². The van der Waals surface area contributed by atoms with E-state index in [2.05, 4.69) is 10.5 Å². The molecule has 2 aromatic rings. The van der Waals surface area contributed by atoms with Crippen LogP contribution in [0.1, 0.15) is 11.1 Å². The molecule has 2 N–H and O–H groups in total. The molecule has 0 saturated carbocycles. The van der Waals surface area contributed by atoms with E-state index in [4.69, 9.17) is 14.6 Å². The number of phenols is 1. The number of nitrogens with zero attached hydrogens (tertiary/aromatic N) is 1. The van der Waals surface area contributed by atoms with Crippen LogP contribution >= 0.6 is 0 Å². The van der Waals surface area contributed by atoms with Crippen molar-refractivity contribution < 1.29 is 19.4 Å². The second kappa shape index (κ2) is 6.65. The van der Waals surface area contributed by atoms with Gasteiger partial charge in [0.15, 0.2) is 11.5 Å². The van der Waals surface area contributed by atoms with E-state index in [1.807, 2.05) is 6.07 Å². The van der Waals surface area contributed by atoms with Crippen molar-refractivity contribution in [2.75, 3.05) is 6.79 Å². The van der Waals surface area contributed by atoms with Gasteiger partial charge >= 0.3 is 0 Å². The van der Waals surface area contributed by atoms with Crippen molar-refractivity contribution in [3.63, 3.8) is 0 Å². The number of hydrazone groups is 1. The Kier molecular flexibility index (Phi) is 4.24. The third-order valence-electron chi connectivity index (χ3n) is 3.11. The fourth-order valence-corrected chi connectivity index (χ4v) is 1.96. The van der Waals surface area contributed by atoms with Gasteiger partial charge in [0.1, 0.15) is 5.75 Å². The van der Waals surface area contributed by atoms with Gasteiger partial charge in [-0.1, -0.05) is 6.07 Å². The number of aromatic hydroxyl groups is 1. The number of hydrogen-bond acceptors (Lipinski definition) is 5. The normalized spacial score (nSPS) is 12.9. The number of phenolic OH excluding ortho intramolecular Hbond substituents is 1. The summed E-state index contributed by atoms with van der Waals surface area (Å²) < 4.78 is 10.5. The minimum absolute atomic E-state index is 0.179. The number of carbonyl (C=O) groups is 1. The van der Waals surface area contributed by atoms with Gasteiger partial charge < -0.3 is 14.6 Å². The van der Waals surface area contributed by atoms with Crippen LogP contribution in [0, 0.1) is 0 Å². The van der Waals surface area contributed by atoms with Gasteiger partial charge in [0.05, 0.1) is 6.21 Å². The molecule has 3 rings (SSSR count). The van der Waals surface area contributed by atoms with Gasteiger partial charge in [-0.3, -0.25) is 4.79 Å². The van der Waals surface area contributed by atoms with E-state index in [0.717, 1.165) is 11.1 Å². The highest BCUT2D eigenvalue weighted by atomic mass is 16.7. The van der Waals surface area contributed by atoms with E-state index in [0.29, 0.717) is 11.5 Å². The SMILES string of the molecule is O=C(C=Cc1ccc2c(c1)OCO2)N/N=C/c1ccc(O)cc1. The first-order valence-corrected chi connectivity index (χ1v) is 6.90. The summed E-state index contributed by atoms with van der Waals surface area (Å²) in [6, 6.07) is 11.9. The second-order valence-electron chi connectivity index (χ2n) is 4.77. The van der Waals surface area contributed by atoms with E-state index in [9.17, 15) is 4.79 Å². The van der Waals surface area contributed by atoms with E-state index < -0.39 is 0 Å². The Hall–Kier alpha value is -3.28. The van der Waals surface area contributed by atoms with Crippen LogP contribution in [0.5, 0.6) is 17.2 Å². The average molecular weight is 310 g/mol. The van der Waals surface area contributed by atoms with E-state index >= 15 is 0 Å². The first kappa shape index (κ1) is 14.6. The Morgan fingerprint density at radius 3 is 2.65 bits per heavy atom. The maximum Gasteiger partial charge on any atom is 0.264 e. The molecule has 1 heterocycles. The molecule has 0 unspecified atom stereocenters. The van der Waals surface area contributed by atoms with Crippen LogP contribution in [-0.4, -0.2) is 24.0 Å². The van der Waals surface area contributed by atoms with Gasteiger partial charge in [-0.05, 0) is 53.6 Å². The summed E-state index contributed by atoms with van der Waals surface area (Å²) in [6.45, 7) is 0.217. The molecular weight excluding hydrogens is 296 g/mol. The van der Waals surface area contributed by atoms with Crippen LogP contribution in [-0.2, 0) is 4.79 Å². The summed E-state index contributed by atoms with van der Waals surface area (Å²) in [5.41, 5.74) is 3.99. The van der Waals surface area contributed by atoms with Crippen LogP contribution in [0.2, 0.25) is 0 Å². The van der Waals surface area contributed by atoms with Gasteiger partial charge in [0, 0.05) is 6.08 Å². The fourth-order valence-electron chi connectivity index (χ4n) is 1.96. The average Bonchev–Trinajstić information content (AvgIpc) is 3.02. The highest BCUT2D eigenvalue weighted by Crippen LogP contribution is 2.32. The van der Waals surface area contributed by atoms with E-state index in [1.54, 1.807) is 42.5 Å². The minimum atomic E-state index is -0.349. The third-order valence-corrected chi connectivity index (χ3v) is 3.11. The van der Waals surface area contributed by atoms with Crippen molar-refractivity contribution in [2.45, 2.75) is 0 Å². The second-order valence-corrected chi connectivity index (χ2v) is 4.77. The molecule has 0 radical (unpaired) electrons. The summed E-state index contributed by atoms with van der Waals surface area (Å²) >= 11 is 0. The number of benzene rings is 2. The first-order valence-electron chi connectivity index (χ1n) is 6.90. The number of carbonyl (C=O) groups excluding carboxylic acids is 1. The van der Waals surface area contributed by atoms with Crippen LogP contribution in [0.25, 0.3) is 6.08 Å². The van der Waals surface area contributed by atoms with Gasteiger partial charge in [-0.2, -0.15) is 5.10 Å². The molecule has 2 aromatic carbocycles. The Morgan fingerprint density at radius 1 is 1.09 bits per heavy atom. The van der Waals surface area contributed by atoms with Crippen molar-refractivity contribution in [1.29, 1.82) is 0 Å². The van der Waals surface area contributed by atoms with Crippen molar-refractivity contribution in [2.24, 2.45) is 5.10 Å². The van der Waals surface area contributed by atoms with Gasteiger partial charge in [0.25, 0.3) is 5.91 Å². The lowest BCUT2D eigenvalue weighted by Gasteiger charge is -1.98. The molecule has 0 bridgehead atoms. The van der Waals surface area contributed by atoms with Crippen LogP contribution in [0.4, 0.5) is 0 Å². The standard InChI is InChI=1S/C17H14N2O4/c20-14-5-1-13(2-6-14)10-18-19-17(21)8-4-12-3-7-15-16(9-12)23-11-22-15/h1-10,20H,11H2,(H,19,21)/b8-4?,18-10+. The van der Waals surface area contributed by atoms with Gasteiger partial charge in [0.2, 0.25) is 6.79 Å². The molecule has 23 heavy (non-hydrogen) atoms. The fraction of sp³-hybridized carbons (Fsp3) is 0.0588. The molecular formula is C17H14N2O4. The molecule has 0 saturated heterocycles. The highest BCUT2D eigenvalue weighted by Gasteiger charge is 2.12. The van der Waals surface area contributed by atoms with Crippen molar-refractivity contribution in [1.82, 2.24) is 5.43 Å². The zero-order valence-corrected chi connectivity index (χ0v) is 12.1. The van der Waals surface area contributed by atoms with Crippen molar-refractivity contribution in [3.8, 4) is 17.2 Å². The monoisotopic (exact) mass is 310 g/mol. The number of nitrogens with one attached hydrogen (secondary N) is 1. The van der Waals surface area contributed by atoms with Crippen LogP contribution in [0.15, 0.2) is 53.6 Å². The lowest BCUT2D eigenvalue weighted by atomic mass is 10.2. The molecule has 1 aliphatic rings. The Bertz CT molecular complexity index is 767. The molecule has 1 aliphatic heterocycles. The van der Waals surface area contributed by atoms with Crippen molar-refractivity contribution >= 4 is 18.2 Å². The Morgan fingerprint density at radius 2 is 1.83 bits per heavy atom. The summed E-state index contributed by atoms with van der Waals surface area (Å²) in [5.74, 6) is 1.19. The lowest BCUT2D eigenvalue weighted by molar-refractivity contribution is -0.116. The molecule has 0 fully saturated rings. The maximum absolute atomic E-state index is 11.7. The number of rotatable bonds is 4. The smallest absolute Gasteiger partial charge is 0.264 e. The summed E-state index contributed by atoms with van der Waals surface area (Å²) in [4.78, 5) is 11.7. The quantitative estimate of drug-likeness (QED) is 0.516. The van der Waals surface area contributed by atoms with Gasteiger partial charge in [-0.15, -0.1) is 0 Å². The number of ether oxygens (including phenoxy) is 2. The highest BCUT2D eigenvalue weighted by molar-refractivity contribution is 5.92. The Balaban J connectivity index is 1.55. The zero-order valence-electron chi connectivity index (χ0n) is 12.1.